The maximum atomic E-state index is 12.7. The molecule has 25 heavy (non-hydrogen) atoms. The first-order chi connectivity index (χ1) is 11.7. The van der Waals surface area contributed by atoms with Gasteiger partial charge in [-0.1, -0.05) is 17.8 Å². The number of nitriles is 1. The van der Waals surface area contributed by atoms with Crippen LogP contribution in [-0.2, 0) is 11.9 Å². The molecule has 0 amide bonds. The molecule has 0 aliphatic rings. The van der Waals surface area contributed by atoms with Crippen LogP contribution in [0.1, 0.15) is 16.7 Å². The zero-order valence-corrected chi connectivity index (χ0v) is 14.8. The van der Waals surface area contributed by atoms with Crippen molar-refractivity contribution in [3.63, 3.8) is 0 Å². The van der Waals surface area contributed by atoms with E-state index >= 15 is 0 Å². The van der Waals surface area contributed by atoms with Gasteiger partial charge in [0.05, 0.1) is 27.9 Å². The summed E-state index contributed by atoms with van der Waals surface area (Å²) in [5.41, 5.74) is 11.2. The molecule has 0 saturated heterocycles. The number of hydrogen-bond donors (Lipinski definition) is 4. The number of thioether (sulfide) groups is 2. The Bertz CT molecular complexity index is 736. The minimum atomic E-state index is -4.50. The van der Waals surface area contributed by atoms with Crippen molar-refractivity contribution < 1.29 is 13.2 Å². The summed E-state index contributed by atoms with van der Waals surface area (Å²) in [4.78, 5) is 0. The third-order valence-electron chi connectivity index (χ3n) is 2.92. The van der Waals surface area contributed by atoms with Crippen molar-refractivity contribution in [2.24, 2.45) is 11.5 Å². The van der Waals surface area contributed by atoms with Gasteiger partial charge in [-0.3, -0.25) is 5.41 Å². The Morgan fingerprint density at radius 3 is 2.64 bits per heavy atom. The van der Waals surface area contributed by atoms with Gasteiger partial charge in [0.25, 0.3) is 0 Å². The van der Waals surface area contributed by atoms with Crippen LogP contribution in [0.15, 0.2) is 41.2 Å². The van der Waals surface area contributed by atoms with Crippen molar-refractivity contribution in [1.82, 2.24) is 5.32 Å². The first kappa shape index (κ1) is 20.8. The SMILES string of the molecule is CNC(/C=C\N)=C(/N)SC(=N)SCc1ccc(C(F)(F)F)cc1C#N. The first-order valence-corrected chi connectivity index (χ1v) is 8.58. The molecule has 1 aromatic carbocycles. The molecule has 5 nitrogen and oxygen atoms in total. The quantitative estimate of drug-likeness (QED) is 0.350. The molecule has 0 aromatic heterocycles. The van der Waals surface area contributed by atoms with E-state index in [-0.39, 0.29) is 15.7 Å². The molecular formula is C15H16F3N5S2. The van der Waals surface area contributed by atoms with Crippen LogP contribution >= 0.6 is 23.5 Å². The van der Waals surface area contributed by atoms with Crippen LogP contribution in [0, 0.1) is 16.7 Å². The Labute approximate surface area is 151 Å². The van der Waals surface area contributed by atoms with Crippen LogP contribution in [0.3, 0.4) is 0 Å². The Balaban J connectivity index is 2.82. The lowest BCUT2D eigenvalue weighted by atomic mass is 10.1. The molecule has 134 valence electrons. The van der Waals surface area contributed by atoms with E-state index in [4.69, 9.17) is 22.1 Å². The van der Waals surface area contributed by atoms with Gasteiger partial charge < -0.3 is 16.8 Å². The molecule has 0 fully saturated rings. The second-order valence-electron chi connectivity index (χ2n) is 4.55. The maximum Gasteiger partial charge on any atom is 0.416 e. The number of nitrogens with one attached hydrogen (secondary N) is 2. The molecule has 0 spiro atoms. The first-order valence-electron chi connectivity index (χ1n) is 6.78. The van der Waals surface area contributed by atoms with Gasteiger partial charge in [-0.15, -0.1) is 0 Å². The van der Waals surface area contributed by atoms with Crippen molar-refractivity contribution in [1.29, 1.82) is 10.7 Å². The second kappa shape index (κ2) is 9.29. The molecule has 0 bridgehead atoms. The highest BCUT2D eigenvalue weighted by molar-refractivity contribution is 8.39. The highest BCUT2D eigenvalue weighted by Gasteiger charge is 2.31. The van der Waals surface area contributed by atoms with Gasteiger partial charge >= 0.3 is 6.18 Å². The summed E-state index contributed by atoms with van der Waals surface area (Å²) in [5.74, 6) is 0.182. The zero-order chi connectivity index (χ0) is 19.0. The summed E-state index contributed by atoms with van der Waals surface area (Å²) in [7, 11) is 1.65. The number of benzene rings is 1. The second-order valence-corrected chi connectivity index (χ2v) is 6.84. The fourth-order valence-corrected chi connectivity index (χ4v) is 3.40. The van der Waals surface area contributed by atoms with Crippen molar-refractivity contribution >= 4 is 27.9 Å². The minimum Gasteiger partial charge on any atom is -0.405 e. The van der Waals surface area contributed by atoms with Crippen molar-refractivity contribution in [2.75, 3.05) is 7.05 Å². The summed E-state index contributed by atoms with van der Waals surface area (Å²) >= 11 is 2.05. The minimum absolute atomic E-state index is 0.0642. The van der Waals surface area contributed by atoms with Crippen LogP contribution < -0.4 is 16.8 Å². The zero-order valence-electron chi connectivity index (χ0n) is 13.1. The van der Waals surface area contributed by atoms with E-state index in [0.29, 0.717) is 16.3 Å². The summed E-state index contributed by atoms with van der Waals surface area (Å²) in [6.07, 6.45) is -1.65. The smallest absolute Gasteiger partial charge is 0.405 e. The van der Waals surface area contributed by atoms with Gasteiger partial charge in [0.15, 0.2) is 0 Å². The third-order valence-corrected chi connectivity index (χ3v) is 4.86. The fraction of sp³-hybridized carbons (Fsp3) is 0.200. The molecular weight excluding hydrogens is 371 g/mol. The van der Waals surface area contributed by atoms with E-state index in [1.54, 1.807) is 19.2 Å². The molecule has 0 heterocycles. The van der Waals surface area contributed by atoms with E-state index in [0.717, 1.165) is 35.7 Å². The molecule has 1 rings (SSSR count). The topological polar surface area (TPSA) is 112 Å². The van der Waals surface area contributed by atoms with Crippen molar-refractivity contribution in [3.05, 3.63) is 57.9 Å². The Kier molecular flexibility index (Phi) is 7.73. The third kappa shape index (κ3) is 6.28. The molecule has 0 aliphatic carbocycles. The molecule has 10 heteroatoms. The number of halogens is 3. The standard InChI is InChI=1S/C15H16F3N5S2/c1-23-12(4-5-19)13(21)25-14(22)24-8-9-2-3-11(15(16,17)18)6-10(9)7-20/h2-6,22-23H,8,19,21H2,1H3/b5-4-,13-12-,22-14?. The molecule has 1 aromatic rings. The van der Waals surface area contributed by atoms with Crippen LogP contribution in [0.2, 0.25) is 0 Å². The Morgan fingerprint density at radius 1 is 1.44 bits per heavy atom. The van der Waals surface area contributed by atoms with Gasteiger partial charge in [-0.25, -0.2) is 0 Å². The summed E-state index contributed by atoms with van der Waals surface area (Å²) < 4.78 is 38.2. The summed E-state index contributed by atoms with van der Waals surface area (Å²) in [6, 6.07) is 4.75. The summed E-state index contributed by atoms with van der Waals surface area (Å²) in [5, 5.41) is 20.1. The lowest BCUT2D eigenvalue weighted by Crippen LogP contribution is -2.11. The lowest BCUT2D eigenvalue weighted by molar-refractivity contribution is -0.137. The normalized spacial score (nSPS) is 12.6. The highest BCUT2D eigenvalue weighted by Crippen LogP contribution is 2.32. The Hall–Kier alpha value is -2.25. The Morgan fingerprint density at radius 2 is 2.12 bits per heavy atom. The van der Waals surface area contributed by atoms with E-state index in [1.165, 1.54) is 12.3 Å². The molecule has 0 radical (unpaired) electrons. The number of hydrogen-bond acceptors (Lipinski definition) is 7. The van der Waals surface area contributed by atoms with Gasteiger partial charge in [-0.05, 0) is 41.7 Å². The number of nitrogens with zero attached hydrogens (tertiary/aromatic N) is 1. The molecule has 0 unspecified atom stereocenters. The average molecular weight is 387 g/mol. The van der Waals surface area contributed by atoms with Crippen LogP contribution in [0.25, 0.3) is 0 Å². The number of rotatable bonds is 5. The highest BCUT2D eigenvalue weighted by atomic mass is 32.2. The summed E-state index contributed by atoms with van der Waals surface area (Å²) in [6.45, 7) is 0. The lowest BCUT2D eigenvalue weighted by Gasteiger charge is -2.10. The predicted molar refractivity (Wildman–Crippen MR) is 96.4 cm³/mol. The maximum absolute atomic E-state index is 12.7. The molecule has 0 saturated carbocycles. The molecule has 0 aliphatic heterocycles. The van der Waals surface area contributed by atoms with Crippen LogP contribution in [-0.4, -0.2) is 11.4 Å². The van der Waals surface area contributed by atoms with Gasteiger partial charge in [-0.2, -0.15) is 18.4 Å². The fourth-order valence-electron chi connectivity index (χ4n) is 1.70. The van der Waals surface area contributed by atoms with Gasteiger partial charge in [0.1, 0.15) is 4.38 Å². The van der Waals surface area contributed by atoms with Crippen LogP contribution in [0.4, 0.5) is 13.2 Å². The predicted octanol–water partition coefficient (Wildman–Crippen LogP) is 3.30. The number of alkyl halides is 3. The van der Waals surface area contributed by atoms with E-state index in [2.05, 4.69) is 5.32 Å². The molecule has 0 atom stereocenters. The van der Waals surface area contributed by atoms with E-state index < -0.39 is 11.7 Å². The van der Waals surface area contributed by atoms with E-state index in [9.17, 15) is 13.2 Å². The van der Waals surface area contributed by atoms with Crippen LogP contribution in [0.5, 0.6) is 0 Å². The van der Waals surface area contributed by atoms with Crippen molar-refractivity contribution in [2.45, 2.75) is 11.9 Å². The van der Waals surface area contributed by atoms with Gasteiger partial charge in [0.2, 0.25) is 0 Å². The van der Waals surface area contributed by atoms with E-state index in [1.807, 2.05) is 0 Å². The largest absolute Gasteiger partial charge is 0.416 e. The number of allylic oxidation sites excluding steroid dienone is 1. The van der Waals surface area contributed by atoms with Crippen molar-refractivity contribution in [3.8, 4) is 6.07 Å². The number of likely N-dealkylation sites (N-methyl/N-ethyl adjacent to an activating group) is 1. The number of nitrogens with two attached hydrogens (primary N) is 2. The average Bonchev–Trinajstić information content (AvgIpc) is 2.56. The monoisotopic (exact) mass is 387 g/mol. The molecule has 6 N–H and O–H groups in total. The van der Waals surface area contributed by atoms with Gasteiger partial charge in [0, 0.05) is 12.8 Å².